The number of nitrogens with zero attached hydrogens (tertiary/aromatic N) is 1. The topological polar surface area (TPSA) is 59.1 Å². The molecule has 0 aliphatic heterocycles. The number of nitrogens with one attached hydrogen (secondary N) is 1. The zero-order valence-electron chi connectivity index (χ0n) is 9.55. The first-order valence-corrected chi connectivity index (χ1v) is 8.60. The molecular formula is C11H11BrN2O2S2. The maximum Gasteiger partial charge on any atom is 0.179 e. The molecule has 0 aliphatic rings. The van der Waals surface area contributed by atoms with E-state index in [2.05, 4.69) is 26.2 Å². The Morgan fingerprint density at radius 3 is 2.78 bits per heavy atom. The van der Waals surface area contributed by atoms with Crippen LogP contribution in [0.25, 0.3) is 0 Å². The Morgan fingerprint density at radius 2 is 2.17 bits per heavy atom. The van der Waals surface area contributed by atoms with Crippen molar-refractivity contribution in [3.05, 3.63) is 39.1 Å². The van der Waals surface area contributed by atoms with Gasteiger partial charge in [0, 0.05) is 17.3 Å². The predicted molar refractivity (Wildman–Crippen MR) is 76.7 cm³/mol. The Hall–Kier alpha value is -0.920. The third kappa shape index (κ3) is 3.30. The fourth-order valence-corrected chi connectivity index (χ4v) is 3.66. The number of rotatable bonds is 4. The third-order valence-electron chi connectivity index (χ3n) is 2.23. The number of sulfone groups is 1. The lowest BCUT2D eigenvalue weighted by Crippen LogP contribution is -2.07. The Balaban J connectivity index is 2.20. The monoisotopic (exact) mass is 346 g/mol. The summed E-state index contributed by atoms with van der Waals surface area (Å²) in [6.45, 7) is 0.551. The molecule has 2 heterocycles. The second-order valence-corrected chi connectivity index (χ2v) is 8.21. The fourth-order valence-electron chi connectivity index (χ4n) is 1.44. The van der Waals surface area contributed by atoms with E-state index in [-0.39, 0.29) is 4.90 Å². The van der Waals surface area contributed by atoms with Crippen molar-refractivity contribution in [2.24, 2.45) is 0 Å². The molecule has 0 aliphatic carbocycles. The van der Waals surface area contributed by atoms with Gasteiger partial charge in [0.05, 0.1) is 10.3 Å². The van der Waals surface area contributed by atoms with E-state index in [1.807, 2.05) is 12.1 Å². The molecule has 0 radical (unpaired) electrons. The van der Waals surface area contributed by atoms with Gasteiger partial charge in [0.1, 0.15) is 10.7 Å². The molecule has 0 fully saturated rings. The molecule has 4 nitrogen and oxygen atoms in total. The van der Waals surface area contributed by atoms with Gasteiger partial charge in [-0.05, 0) is 40.2 Å². The Morgan fingerprint density at radius 1 is 1.39 bits per heavy atom. The molecule has 0 aromatic carbocycles. The summed E-state index contributed by atoms with van der Waals surface area (Å²) in [4.78, 5) is 5.40. The number of aromatic nitrogens is 1. The Bertz CT molecular complexity index is 653. The van der Waals surface area contributed by atoms with Crippen molar-refractivity contribution in [3.8, 4) is 0 Å². The molecule has 0 bridgehead atoms. The number of anilines is 1. The normalized spacial score (nSPS) is 11.4. The van der Waals surface area contributed by atoms with Crippen LogP contribution in [0, 0.1) is 0 Å². The molecule has 2 aromatic heterocycles. The van der Waals surface area contributed by atoms with Crippen LogP contribution in [0.1, 0.15) is 4.88 Å². The van der Waals surface area contributed by atoms with Crippen molar-refractivity contribution >= 4 is 42.9 Å². The van der Waals surface area contributed by atoms with Crippen molar-refractivity contribution in [1.29, 1.82) is 0 Å². The first-order valence-electron chi connectivity index (χ1n) is 5.10. The number of pyridine rings is 1. The van der Waals surface area contributed by atoms with Crippen molar-refractivity contribution in [2.45, 2.75) is 11.4 Å². The van der Waals surface area contributed by atoms with Crippen molar-refractivity contribution < 1.29 is 8.42 Å². The molecule has 18 heavy (non-hydrogen) atoms. The summed E-state index contributed by atoms with van der Waals surface area (Å²) >= 11 is 4.98. The van der Waals surface area contributed by atoms with Gasteiger partial charge in [0.2, 0.25) is 0 Å². The van der Waals surface area contributed by atoms with Gasteiger partial charge in [0.15, 0.2) is 9.84 Å². The number of thiophene rings is 1. The standard InChI is InChI=1S/C11H11BrN2O2S2/c1-18(15,16)9-3-2-6-13-11(9)14-7-8-4-5-10(12)17-8/h2-6H,7H2,1H3,(H,13,14). The van der Waals surface area contributed by atoms with E-state index in [4.69, 9.17) is 0 Å². The molecule has 0 spiro atoms. The van der Waals surface area contributed by atoms with E-state index in [1.165, 1.54) is 6.26 Å². The van der Waals surface area contributed by atoms with E-state index in [9.17, 15) is 8.42 Å². The summed E-state index contributed by atoms with van der Waals surface area (Å²) in [6.07, 6.45) is 2.75. The number of hydrogen-bond donors (Lipinski definition) is 1. The van der Waals surface area contributed by atoms with E-state index in [0.717, 1.165) is 8.66 Å². The van der Waals surface area contributed by atoms with E-state index in [1.54, 1.807) is 29.7 Å². The average Bonchev–Trinajstić information content (AvgIpc) is 2.72. The minimum Gasteiger partial charge on any atom is -0.364 e. The lowest BCUT2D eigenvalue weighted by Gasteiger charge is -2.08. The first kappa shape index (κ1) is 13.5. The zero-order valence-corrected chi connectivity index (χ0v) is 12.8. The minimum absolute atomic E-state index is 0.223. The maximum absolute atomic E-state index is 11.6. The van der Waals surface area contributed by atoms with Crippen LogP contribution in [0.2, 0.25) is 0 Å². The van der Waals surface area contributed by atoms with Gasteiger partial charge in [-0.25, -0.2) is 13.4 Å². The molecule has 0 atom stereocenters. The largest absolute Gasteiger partial charge is 0.364 e. The van der Waals surface area contributed by atoms with Crippen LogP contribution in [0.15, 0.2) is 39.1 Å². The van der Waals surface area contributed by atoms with Gasteiger partial charge >= 0.3 is 0 Å². The molecular weight excluding hydrogens is 336 g/mol. The predicted octanol–water partition coefficient (Wildman–Crippen LogP) is 2.92. The van der Waals surface area contributed by atoms with Crippen LogP contribution in [0.5, 0.6) is 0 Å². The highest BCUT2D eigenvalue weighted by Crippen LogP contribution is 2.24. The van der Waals surface area contributed by atoms with E-state index >= 15 is 0 Å². The van der Waals surface area contributed by atoms with Gasteiger partial charge in [-0.15, -0.1) is 11.3 Å². The summed E-state index contributed by atoms with van der Waals surface area (Å²) in [7, 11) is -3.26. The van der Waals surface area contributed by atoms with Gasteiger partial charge in [-0.3, -0.25) is 0 Å². The smallest absolute Gasteiger partial charge is 0.179 e. The lowest BCUT2D eigenvalue weighted by atomic mass is 10.4. The third-order valence-corrected chi connectivity index (χ3v) is 4.98. The highest BCUT2D eigenvalue weighted by Gasteiger charge is 2.13. The highest BCUT2D eigenvalue weighted by molar-refractivity contribution is 9.11. The highest BCUT2D eigenvalue weighted by atomic mass is 79.9. The van der Waals surface area contributed by atoms with E-state index in [0.29, 0.717) is 12.4 Å². The van der Waals surface area contributed by atoms with Crippen LogP contribution < -0.4 is 5.32 Å². The van der Waals surface area contributed by atoms with E-state index < -0.39 is 9.84 Å². The Labute approximate surface area is 118 Å². The Kier molecular flexibility index (Phi) is 4.04. The molecule has 2 rings (SSSR count). The summed E-state index contributed by atoms with van der Waals surface area (Å²) < 4.78 is 24.2. The van der Waals surface area contributed by atoms with Gasteiger partial charge in [0.25, 0.3) is 0 Å². The second kappa shape index (κ2) is 5.38. The SMILES string of the molecule is CS(=O)(=O)c1cccnc1NCc1ccc(Br)s1. The van der Waals surface area contributed by atoms with Crippen molar-refractivity contribution in [3.63, 3.8) is 0 Å². The lowest BCUT2D eigenvalue weighted by molar-refractivity contribution is 0.602. The molecule has 0 amide bonds. The molecule has 0 saturated heterocycles. The van der Waals surface area contributed by atoms with Crippen LogP contribution in [0.4, 0.5) is 5.82 Å². The molecule has 96 valence electrons. The first-order chi connectivity index (χ1) is 8.47. The molecule has 0 unspecified atom stereocenters. The van der Waals surface area contributed by atoms with Crippen LogP contribution in [-0.4, -0.2) is 19.7 Å². The van der Waals surface area contributed by atoms with Gasteiger partial charge in [-0.1, -0.05) is 0 Å². The van der Waals surface area contributed by atoms with Crippen LogP contribution >= 0.6 is 27.3 Å². The van der Waals surface area contributed by atoms with Gasteiger partial charge in [-0.2, -0.15) is 0 Å². The van der Waals surface area contributed by atoms with Gasteiger partial charge < -0.3 is 5.32 Å². The fraction of sp³-hybridized carbons (Fsp3) is 0.182. The maximum atomic E-state index is 11.6. The quantitative estimate of drug-likeness (QED) is 0.924. The molecule has 2 aromatic rings. The van der Waals surface area contributed by atoms with Crippen molar-refractivity contribution in [1.82, 2.24) is 4.98 Å². The average molecular weight is 347 g/mol. The molecule has 0 saturated carbocycles. The summed E-state index contributed by atoms with van der Waals surface area (Å²) in [5.74, 6) is 0.393. The number of halogens is 1. The minimum atomic E-state index is -3.26. The number of hydrogen-bond acceptors (Lipinski definition) is 5. The second-order valence-electron chi connectivity index (χ2n) is 3.68. The zero-order chi connectivity index (χ0) is 13.2. The van der Waals surface area contributed by atoms with Crippen LogP contribution in [-0.2, 0) is 16.4 Å². The van der Waals surface area contributed by atoms with Crippen LogP contribution in [0.3, 0.4) is 0 Å². The van der Waals surface area contributed by atoms with Crippen molar-refractivity contribution in [2.75, 3.05) is 11.6 Å². The summed E-state index contributed by atoms with van der Waals surface area (Å²) in [5, 5.41) is 3.05. The molecule has 7 heteroatoms. The molecule has 1 N–H and O–H groups in total. The summed E-state index contributed by atoms with van der Waals surface area (Å²) in [6, 6.07) is 7.10. The summed E-state index contributed by atoms with van der Waals surface area (Å²) in [5.41, 5.74) is 0.